The van der Waals surface area contributed by atoms with Gasteiger partial charge in [0.25, 0.3) is 0 Å². The van der Waals surface area contributed by atoms with Gasteiger partial charge >= 0.3 is 0 Å². The van der Waals surface area contributed by atoms with Gasteiger partial charge in [0.15, 0.2) is 0 Å². The fourth-order valence-electron chi connectivity index (χ4n) is 3.14. The molecule has 3 N–H and O–H groups in total. The molecule has 6 nitrogen and oxygen atoms in total. The third-order valence-electron chi connectivity index (χ3n) is 4.60. The van der Waals surface area contributed by atoms with Gasteiger partial charge in [-0.1, -0.05) is 12.1 Å². The number of fused-ring (bicyclic) bond motifs is 1. The molecule has 28 heavy (non-hydrogen) atoms. The molecule has 0 aliphatic rings. The molecule has 1 aromatic carbocycles. The number of hydrogen-bond donors (Lipinski definition) is 3. The Kier molecular flexibility index (Phi) is 4.85. The predicted molar refractivity (Wildman–Crippen MR) is 113 cm³/mol. The molecule has 0 aliphatic heterocycles. The van der Waals surface area contributed by atoms with E-state index in [1.807, 2.05) is 73.1 Å². The molecule has 3 aromatic heterocycles. The van der Waals surface area contributed by atoms with Gasteiger partial charge in [-0.05, 0) is 55.8 Å². The summed E-state index contributed by atoms with van der Waals surface area (Å²) in [7, 11) is 0. The largest absolute Gasteiger partial charge is 0.507 e. The fourth-order valence-corrected chi connectivity index (χ4v) is 3.14. The molecule has 0 fully saturated rings. The molecule has 4 rings (SSSR count). The number of aromatic hydroxyl groups is 1. The molecule has 142 valence electrons. The van der Waals surface area contributed by atoms with E-state index in [-0.39, 0.29) is 5.75 Å². The van der Waals surface area contributed by atoms with Crippen molar-refractivity contribution in [3.63, 3.8) is 0 Å². The first-order chi connectivity index (χ1) is 13.6. The first-order valence-corrected chi connectivity index (χ1v) is 9.29. The number of anilines is 2. The van der Waals surface area contributed by atoms with Crippen LogP contribution in [0.15, 0.2) is 60.9 Å². The number of benzene rings is 1. The van der Waals surface area contributed by atoms with Crippen LogP contribution in [0.25, 0.3) is 16.9 Å². The van der Waals surface area contributed by atoms with Crippen molar-refractivity contribution < 1.29 is 5.11 Å². The van der Waals surface area contributed by atoms with Crippen LogP contribution >= 0.6 is 0 Å². The number of aryl methyl sites for hydroxylation is 2. The van der Waals surface area contributed by atoms with Crippen molar-refractivity contribution in [2.24, 2.45) is 0 Å². The lowest BCUT2D eigenvalue weighted by molar-refractivity contribution is 0.477. The minimum atomic E-state index is 0.217. The Labute approximate surface area is 163 Å². The summed E-state index contributed by atoms with van der Waals surface area (Å²) in [6, 6.07) is 15.4. The SMILES string of the molecule is Cc1ccn2c(NCCNc3ccc(C)nc3)c(-c3ccccc3O)nc2c1. The monoisotopic (exact) mass is 373 g/mol. The zero-order chi connectivity index (χ0) is 19.5. The van der Waals surface area contributed by atoms with Gasteiger partial charge in [0.05, 0.1) is 11.9 Å². The third-order valence-corrected chi connectivity index (χ3v) is 4.60. The maximum atomic E-state index is 10.3. The summed E-state index contributed by atoms with van der Waals surface area (Å²) in [5, 5.41) is 17.1. The number of nitrogens with one attached hydrogen (secondary N) is 2. The van der Waals surface area contributed by atoms with E-state index in [1.54, 1.807) is 6.07 Å². The number of phenolic OH excluding ortho intramolecular Hbond substituents is 1. The highest BCUT2D eigenvalue weighted by atomic mass is 16.3. The molecule has 0 amide bonds. The molecule has 0 spiro atoms. The summed E-state index contributed by atoms with van der Waals surface area (Å²) < 4.78 is 2.02. The van der Waals surface area contributed by atoms with Gasteiger partial charge in [0.2, 0.25) is 0 Å². The van der Waals surface area contributed by atoms with E-state index in [0.29, 0.717) is 12.1 Å². The Balaban J connectivity index is 1.59. The van der Waals surface area contributed by atoms with Gasteiger partial charge in [-0.2, -0.15) is 0 Å². The van der Waals surface area contributed by atoms with Crippen LogP contribution in [0.4, 0.5) is 11.5 Å². The molecule has 0 radical (unpaired) electrons. The van der Waals surface area contributed by atoms with E-state index >= 15 is 0 Å². The van der Waals surface area contributed by atoms with Crippen LogP contribution in [0.1, 0.15) is 11.3 Å². The molecule has 0 saturated heterocycles. The smallest absolute Gasteiger partial charge is 0.139 e. The van der Waals surface area contributed by atoms with Crippen molar-refractivity contribution in [3.8, 4) is 17.0 Å². The third kappa shape index (κ3) is 3.62. The zero-order valence-electron chi connectivity index (χ0n) is 16.0. The average Bonchev–Trinajstić information content (AvgIpc) is 3.04. The molecule has 0 atom stereocenters. The normalized spacial score (nSPS) is 10.9. The van der Waals surface area contributed by atoms with Gasteiger partial charge in [0, 0.05) is 30.5 Å². The fraction of sp³-hybridized carbons (Fsp3) is 0.182. The van der Waals surface area contributed by atoms with Crippen LogP contribution in [0.5, 0.6) is 5.75 Å². The maximum Gasteiger partial charge on any atom is 0.139 e. The van der Waals surface area contributed by atoms with Crippen LogP contribution in [-0.2, 0) is 0 Å². The Hall–Kier alpha value is -3.54. The van der Waals surface area contributed by atoms with E-state index < -0.39 is 0 Å². The zero-order valence-corrected chi connectivity index (χ0v) is 16.0. The van der Waals surface area contributed by atoms with E-state index in [9.17, 15) is 5.11 Å². The second-order valence-corrected chi connectivity index (χ2v) is 6.80. The van der Waals surface area contributed by atoms with Crippen molar-refractivity contribution in [2.75, 3.05) is 23.7 Å². The second-order valence-electron chi connectivity index (χ2n) is 6.80. The maximum absolute atomic E-state index is 10.3. The van der Waals surface area contributed by atoms with Crippen molar-refractivity contribution >= 4 is 17.2 Å². The standard InChI is InChI=1S/C22H23N5O/c1-15-9-12-27-20(13-15)26-21(18-5-3-4-6-19(18)28)22(27)24-11-10-23-17-8-7-16(2)25-14-17/h3-9,12-14,23-24,28H,10-11H2,1-2H3. The summed E-state index contributed by atoms with van der Waals surface area (Å²) in [4.78, 5) is 9.06. The predicted octanol–water partition coefficient (Wildman–Crippen LogP) is 4.24. The number of phenols is 1. The van der Waals surface area contributed by atoms with Crippen molar-refractivity contribution in [3.05, 3.63) is 72.2 Å². The molecule has 4 aromatic rings. The van der Waals surface area contributed by atoms with E-state index in [1.165, 1.54) is 0 Å². The Bertz CT molecular complexity index is 1100. The van der Waals surface area contributed by atoms with E-state index in [4.69, 9.17) is 4.98 Å². The Morgan fingerprint density at radius 1 is 1.00 bits per heavy atom. The lowest BCUT2D eigenvalue weighted by atomic mass is 10.1. The van der Waals surface area contributed by atoms with Crippen LogP contribution in [-0.4, -0.2) is 32.6 Å². The van der Waals surface area contributed by atoms with E-state index in [0.717, 1.165) is 40.6 Å². The number of hydrogen-bond acceptors (Lipinski definition) is 5. The van der Waals surface area contributed by atoms with Crippen LogP contribution in [0, 0.1) is 13.8 Å². The first kappa shape index (κ1) is 17.9. The first-order valence-electron chi connectivity index (χ1n) is 9.29. The Morgan fingerprint density at radius 2 is 1.82 bits per heavy atom. The number of nitrogens with zero attached hydrogens (tertiary/aromatic N) is 3. The topological polar surface area (TPSA) is 74.5 Å². The summed E-state index contributed by atoms with van der Waals surface area (Å²) in [5.41, 5.74) is 5.42. The average molecular weight is 373 g/mol. The lowest BCUT2D eigenvalue weighted by Crippen LogP contribution is -2.15. The number of para-hydroxylation sites is 1. The molecule has 0 saturated carbocycles. The van der Waals surface area contributed by atoms with Gasteiger partial charge in [-0.3, -0.25) is 9.38 Å². The summed E-state index contributed by atoms with van der Waals surface area (Å²) in [5.74, 6) is 1.08. The minimum absolute atomic E-state index is 0.217. The lowest BCUT2D eigenvalue weighted by Gasteiger charge is -2.11. The number of imidazole rings is 1. The van der Waals surface area contributed by atoms with Crippen LogP contribution in [0.2, 0.25) is 0 Å². The number of aromatic nitrogens is 3. The van der Waals surface area contributed by atoms with Gasteiger partial charge < -0.3 is 15.7 Å². The highest BCUT2D eigenvalue weighted by molar-refractivity contribution is 5.80. The van der Waals surface area contributed by atoms with Crippen LogP contribution in [0.3, 0.4) is 0 Å². The number of pyridine rings is 2. The molecule has 0 unspecified atom stereocenters. The van der Waals surface area contributed by atoms with Gasteiger partial charge in [-0.25, -0.2) is 4.98 Å². The van der Waals surface area contributed by atoms with Crippen molar-refractivity contribution in [1.82, 2.24) is 14.4 Å². The molecule has 3 heterocycles. The van der Waals surface area contributed by atoms with E-state index in [2.05, 4.69) is 15.6 Å². The molecule has 0 bridgehead atoms. The van der Waals surface area contributed by atoms with Crippen LogP contribution < -0.4 is 10.6 Å². The van der Waals surface area contributed by atoms with Gasteiger partial charge in [-0.15, -0.1) is 0 Å². The summed E-state index contributed by atoms with van der Waals surface area (Å²) in [6.45, 7) is 5.43. The molecule has 0 aliphatic carbocycles. The van der Waals surface area contributed by atoms with Crippen molar-refractivity contribution in [2.45, 2.75) is 13.8 Å². The summed E-state index contributed by atoms with van der Waals surface area (Å²) in [6.07, 6.45) is 3.83. The van der Waals surface area contributed by atoms with Gasteiger partial charge in [0.1, 0.15) is 22.9 Å². The molecular formula is C22H23N5O. The highest BCUT2D eigenvalue weighted by Gasteiger charge is 2.16. The Morgan fingerprint density at radius 3 is 2.61 bits per heavy atom. The molecular weight excluding hydrogens is 350 g/mol. The minimum Gasteiger partial charge on any atom is -0.507 e. The molecule has 6 heteroatoms. The highest BCUT2D eigenvalue weighted by Crippen LogP contribution is 2.34. The van der Waals surface area contributed by atoms with Crippen molar-refractivity contribution in [1.29, 1.82) is 0 Å². The number of rotatable bonds is 6. The second kappa shape index (κ2) is 7.60. The quantitative estimate of drug-likeness (QED) is 0.441. The summed E-state index contributed by atoms with van der Waals surface area (Å²) >= 11 is 0.